The van der Waals surface area contributed by atoms with E-state index >= 15 is 0 Å². The molecular formula is C13H17N5. The predicted molar refractivity (Wildman–Crippen MR) is 72.2 cm³/mol. The van der Waals surface area contributed by atoms with Crippen LogP contribution >= 0.6 is 0 Å². The quantitative estimate of drug-likeness (QED) is 0.621. The molecule has 0 spiro atoms. The van der Waals surface area contributed by atoms with Gasteiger partial charge in [-0.2, -0.15) is 0 Å². The van der Waals surface area contributed by atoms with Gasteiger partial charge in [-0.25, -0.2) is 4.98 Å². The van der Waals surface area contributed by atoms with Crippen LogP contribution in [0.1, 0.15) is 11.1 Å². The monoisotopic (exact) mass is 243 g/mol. The maximum Gasteiger partial charge on any atom is 0.188 e. The van der Waals surface area contributed by atoms with Crippen LogP contribution in [-0.4, -0.2) is 22.6 Å². The number of nitrogens with two attached hydrogens (primary N) is 1. The molecule has 1 heterocycles. The summed E-state index contributed by atoms with van der Waals surface area (Å²) in [6.07, 6.45) is 5.55. The minimum absolute atomic E-state index is 0.456. The lowest BCUT2D eigenvalue weighted by molar-refractivity contribution is 0.795. The van der Waals surface area contributed by atoms with Gasteiger partial charge in [-0.05, 0) is 11.1 Å². The van der Waals surface area contributed by atoms with Crippen molar-refractivity contribution in [2.75, 3.05) is 7.05 Å². The summed E-state index contributed by atoms with van der Waals surface area (Å²) in [5, 5.41) is 3.03. The summed E-state index contributed by atoms with van der Waals surface area (Å²) in [7, 11) is 1.66. The molecule has 0 aliphatic heterocycles. The van der Waals surface area contributed by atoms with Crippen LogP contribution < -0.4 is 11.1 Å². The van der Waals surface area contributed by atoms with E-state index in [1.165, 1.54) is 11.1 Å². The van der Waals surface area contributed by atoms with Crippen LogP contribution in [0.5, 0.6) is 0 Å². The SMILES string of the molecule is CN=C(N)NCc1ccc(Cn2ccnc2)cc1. The maximum atomic E-state index is 5.57. The van der Waals surface area contributed by atoms with Crippen LogP contribution in [0.2, 0.25) is 0 Å². The second kappa shape index (κ2) is 5.86. The van der Waals surface area contributed by atoms with Crippen molar-refractivity contribution in [3.8, 4) is 0 Å². The highest BCUT2D eigenvalue weighted by Crippen LogP contribution is 2.06. The predicted octanol–water partition coefficient (Wildman–Crippen LogP) is 0.965. The van der Waals surface area contributed by atoms with Gasteiger partial charge in [0.2, 0.25) is 0 Å². The van der Waals surface area contributed by atoms with Gasteiger partial charge in [-0.3, -0.25) is 4.99 Å². The summed E-state index contributed by atoms with van der Waals surface area (Å²) in [6, 6.07) is 8.39. The topological polar surface area (TPSA) is 68.2 Å². The summed E-state index contributed by atoms with van der Waals surface area (Å²) in [4.78, 5) is 7.86. The van der Waals surface area contributed by atoms with E-state index in [0.29, 0.717) is 12.5 Å². The van der Waals surface area contributed by atoms with Crippen molar-refractivity contribution < 1.29 is 0 Å². The van der Waals surface area contributed by atoms with E-state index in [0.717, 1.165) is 6.54 Å². The normalized spacial score (nSPS) is 11.5. The zero-order valence-corrected chi connectivity index (χ0v) is 10.4. The highest BCUT2D eigenvalue weighted by molar-refractivity contribution is 5.77. The van der Waals surface area contributed by atoms with E-state index in [4.69, 9.17) is 5.73 Å². The van der Waals surface area contributed by atoms with E-state index in [1.807, 2.05) is 17.1 Å². The molecule has 0 unspecified atom stereocenters. The molecule has 0 fully saturated rings. The van der Waals surface area contributed by atoms with Crippen molar-refractivity contribution in [2.45, 2.75) is 13.1 Å². The van der Waals surface area contributed by atoms with Crippen LogP contribution in [0.4, 0.5) is 0 Å². The molecule has 18 heavy (non-hydrogen) atoms. The lowest BCUT2D eigenvalue weighted by atomic mass is 10.1. The number of rotatable bonds is 4. The molecule has 1 aromatic carbocycles. The number of nitrogens with one attached hydrogen (secondary N) is 1. The highest BCUT2D eigenvalue weighted by Gasteiger charge is 1.97. The fraction of sp³-hybridized carbons (Fsp3) is 0.231. The smallest absolute Gasteiger partial charge is 0.188 e. The van der Waals surface area contributed by atoms with Gasteiger partial charge in [0.05, 0.1) is 6.33 Å². The van der Waals surface area contributed by atoms with Gasteiger partial charge < -0.3 is 15.6 Å². The second-order valence-electron chi connectivity index (χ2n) is 4.01. The first-order valence-electron chi connectivity index (χ1n) is 5.77. The second-order valence-corrected chi connectivity index (χ2v) is 4.01. The van der Waals surface area contributed by atoms with Crippen molar-refractivity contribution in [3.05, 3.63) is 54.1 Å². The summed E-state index contributed by atoms with van der Waals surface area (Å²) in [5.41, 5.74) is 7.99. The number of nitrogens with zero attached hydrogens (tertiary/aromatic N) is 3. The summed E-state index contributed by atoms with van der Waals surface area (Å²) in [5.74, 6) is 0.456. The van der Waals surface area contributed by atoms with E-state index in [-0.39, 0.29) is 0 Å². The molecule has 0 aliphatic rings. The number of imidazole rings is 1. The van der Waals surface area contributed by atoms with Crippen LogP contribution in [-0.2, 0) is 13.1 Å². The van der Waals surface area contributed by atoms with Crippen molar-refractivity contribution in [1.29, 1.82) is 0 Å². The zero-order chi connectivity index (χ0) is 12.8. The lowest BCUT2D eigenvalue weighted by Crippen LogP contribution is -2.30. The van der Waals surface area contributed by atoms with Crippen molar-refractivity contribution in [1.82, 2.24) is 14.9 Å². The first-order valence-corrected chi connectivity index (χ1v) is 5.77. The third-order valence-electron chi connectivity index (χ3n) is 2.66. The average Bonchev–Trinajstić information content (AvgIpc) is 2.90. The molecule has 2 aromatic rings. The Labute approximate surface area is 106 Å². The summed E-state index contributed by atoms with van der Waals surface area (Å²) in [6.45, 7) is 1.53. The van der Waals surface area contributed by atoms with Crippen LogP contribution in [0, 0.1) is 0 Å². The Balaban J connectivity index is 1.93. The van der Waals surface area contributed by atoms with Crippen LogP contribution in [0.15, 0.2) is 48.0 Å². The first kappa shape index (κ1) is 12.2. The minimum Gasteiger partial charge on any atom is -0.370 e. The molecule has 0 bridgehead atoms. The molecule has 0 radical (unpaired) electrons. The number of hydrogen-bond acceptors (Lipinski definition) is 2. The lowest BCUT2D eigenvalue weighted by Gasteiger charge is -2.07. The Morgan fingerprint density at radius 3 is 2.67 bits per heavy atom. The summed E-state index contributed by atoms with van der Waals surface area (Å²) < 4.78 is 2.04. The van der Waals surface area contributed by atoms with Crippen molar-refractivity contribution in [3.63, 3.8) is 0 Å². The third kappa shape index (κ3) is 3.35. The fourth-order valence-electron chi connectivity index (χ4n) is 1.63. The number of aromatic nitrogens is 2. The molecule has 94 valence electrons. The Hall–Kier alpha value is -2.30. The molecule has 0 saturated heterocycles. The van der Waals surface area contributed by atoms with Gasteiger partial charge in [0.1, 0.15) is 0 Å². The highest BCUT2D eigenvalue weighted by atomic mass is 15.1. The molecular weight excluding hydrogens is 226 g/mol. The summed E-state index contributed by atoms with van der Waals surface area (Å²) >= 11 is 0. The van der Waals surface area contributed by atoms with Crippen molar-refractivity contribution >= 4 is 5.96 Å². The zero-order valence-electron chi connectivity index (χ0n) is 10.4. The largest absolute Gasteiger partial charge is 0.370 e. The van der Waals surface area contributed by atoms with Gasteiger partial charge in [-0.15, -0.1) is 0 Å². The maximum absolute atomic E-state index is 5.57. The standard InChI is InChI=1S/C13H17N5/c1-15-13(14)17-8-11-2-4-12(5-3-11)9-18-7-6-16-10-18/h2-7,10H,8-9H2,1H3,(H3,14,15,17). The van der Waals surface area contributed by atoms with Crippen LogP contribution in [0.25, 0.3) is 0 Å². The molecule has 1 aromatic heterocycles. The Morgan fingerprint density at radius 2 is 2.06 bits per heavy atom. The number of aliphatic imine (C=N–C) groups is 1. The first-order chi connectivity index (χ1) is 8.78. The van der Waals surface area contributed by atoms with Gasteiger partial charge >= 0.3 is 0 Å². The molecule has 0 amide bonds. The van der Waals surface area contributed by atoms with E-state index in [1.54, 1.807) is 13.2 Å². The Bertz CT molecular complexity index is 499. The third-order valence-corrected chi connectivity index (χ3v) is 2.66. The van der Waals surface area contributed by atoms with Gasteiger partial charge in [0.25, 0.3) is 0 Å². The van der Waals surface area contributed by atoms with E-state index in [9.17, 15) is 0 Å². The van der Waals surface area contributed by atoms with Crippen molar-refractivity contribution in [2.24, 2.45) is 10.7 Å². The van der Waals surface area contributed by atoms with Gasteiger partial charge in [-0.1, -0.05) is 24.3 Å². The number of benzene rings is 1. The molecule has 0 atom stereocenters. The Morgan fingerprint density at radius 1 is 1.33 bits per heavy atom. The molecule has 5 nitrogen and oxygen atoms in total. The molecule has 2 rings (SSSR count). The fourth-order valence-corrected chi connectivity index (χ4v) is 1.63. The van der Waals surface area contributed by atoms with Gasteiger partial charge in [0, 0.05) is 32.5 Å². The Kier molecular flexibility index (Phi) is 3.96. The molecule has 5 heteroatoms. The van der Waals surface area contributed by atoms with E-state index in [2.05, 4.69) is 39.6 Å². The number of guanidine groups is 1. The minimum atomic E-state index is 0.456. The van der Waals surface area contributed by atoms with Crippen LogP contribution in [0.3, 0.4) is 0 Å². The number of hydrogen-bond donors (Lipinski definition) is 2. The van der Waals surface area contributed by atoms with Gasteiger partial charge in [0.15, 0.2) is 5.96 Å². The average molecular weight is 243 g/mol. The molecule has 3 N–H and O–H groups in total. The molecule has 0 saturated carbocycles. The van der Waals surface area contributed by atoms with E-state index < -0.39 is 0 Å². The molecule has 0 aliphatic carbocycles.